The van der Waals surface area contributed by atoms with Crippen LogP contribution in [0.3, 0.4) is 0 Å². The Morgan fingerprint density at radius 2 is 2.25 bits per heavy atom. The van der Waals surface area contributed by atoms with Gasteiger partial charge in [-0.2, -0.15) is 0 Å². The van der Waals surface area contributed by atoms with E-state index >= 15 is 0 Å². The molecule has 0 N–H and O–H groups in total. The first-order valence-electron chi connectivity index (χ1n) is 7.75. The summed E-state index contributed by atoms with van der Waals surface area (Å²) < 4.78 is 5.51. The number of fused-ring (bicyclic) bond motifs is 1. The van der Waals surface area contributed by atoms with Crippen LogP contribution in [0.25, 0.3) is 0 Å². The highest BCUT2D eigenvalue weighted by atomic mass is 16.5. The minimum absolute atomic E-state index is 0.186. The van der Waals surface area contributed by atoms with Crippen molar-refractivity contribution in [2.75, 3.05) is 13.2 Å². The third-order valence-corrected chi connectivity index (χ3v) is 4.75. The van der Waals surface area contributed by atoms with E-state index in [0.717, 1.165) is 43.7 Å². The summed E-state index contributed by atoms with van der Waals surface area (Å²) in [6.07, 6.45) is 4.45. The van der Waals surface area contributed by atoms with Crippen molar-refractivity contribution in [3.8, 4) is 5.75 Å². The number of amides is 1. The minimum Gasteiger partial charge on any atom is -0.493 e. The largest absolute Gasteiger partial charge is 0.493 e. The van der Waals surface area contributed by atoms with Crippen molar-refractivity contribution in [1.82, 2.24) is 4.90 Å². The first-order chi connectivity index (χ1) is 9.69. The summed E-state index contributed by atoms with van der Waals surface area (Å²) in [5.74, 6) is 1.79. The van der Waals surface area contributed by atoms with E-state index in [1.807, 2.05) is 18.2 Å². The Morgan fingerprint density at radius 3 is 3.05 bits per heavy atom. The zero-order valence-corrected chi connectivity index (χ0v) is 12.4. The van der Waals surface area contributed by atoms with E-state index in [1.54, 1.807) is 0 Å². The van der Waals surface area contributed by atoms with Crippen LogP contribution in [-0.2, 0) is 6.42 Å². The fraction of sp³-hybridized carbons (Fsp3) is 0.588. The van der Waals surface area contributed by atoms with Gasteiger partial charge in [-0.1, -0.05) is 13.3 Å². The molecule has 1 aromatic carbocycles. The number of benzene rings is 1. The van der Waals surface area contributed by atoms with Crippen LogP contribution in [0.15, 0.2) is 18.2 Å². The van der Waals surface area contributed by atoms with Gasteiger partial charge >= 0.3 is 0 Å². The fourth-order valence-electron chi connectivity index (χ4n) is 3.28. The molecule has 1 amide bonds. The van der Waals surface area contributed by atoms with Crippen LogP contribution >= 0.6 is 0 Å². The van der Waals surface area contributed by atoms with E-state index < -0.39 is 0 Å². The number of hydrogen-bond donors (Lipinski definition) is 0. The summed E-state index contributed by atoms with van der Waals surface area (Å²) in [7, 11) is 0. The quantitative estimate of drug-likeness (QED) is 0.827. The number of piperidine rings is 1. The van der Waals surface area contributed by atoms with E-state index in [1.165, 1.54) is 12.0 Å². The van der Waals surface area contributed by atoms with Crippen LogP contribution in [0.1, 0.15) is 49.0 Å². The molecule has 2 aliphatic rings. The molecule has 108 valence electrons. The molecular weight excluding hydrogens is 250 g/mol. The lowest BCUT2D eigenvalue weighted by Crippen LogP contribution is -2.45. The molecule has 0 bridgehead atoms. The zero-order valence-electron chi connectivity index (χ0n) is 12.4. The van der Waals surface area contributed by atoms with Crippen LogP contribution < -0.4 is 4.74 Å². The highest BCUT2D eigenvalue weighted by molar-refractivity contribution is 5.95. The minimum atomic E-state index is 0.186. The molecule has 2 heterocycles. The monoisotopic (exact) mass is 273 g/mol. The molecule has 2 aliphatic heterocycles. The fourth-order valence-corrected chi connectivity index (χ4v) is 3.28. The maximum Gasteiger partial charge on any atom is 0.254 e. The van der Waals surface area contributed by atoms with E-state index in [0.29, 0.717) is 12.0 Å². The Hall–Kier alpha value is -1.51. The van der Waals surface area contributed by atoms with E-state index in [-0.39, 0.29) is 5.91 Å². The van der Waals surface area contributed by atoms with Gasteiger partial charge in [-0.25, -0.2) is 0 Å². The second kappa shape index (κ2) is 5.47. The molecule has 2 atom stereocenters. The van der Waals surface area contributed by atoms with Crippen molar-refractivity contribution in [3.63, 3.8) is 0 Å². The number of nitrogens with zero attached hydrogens (tertiary/aromatic N) is 1. The molecule has 3 nitrogen and oxygen atoms in total. The van der Waals surface area contributed by atoms with Gasteiger partial charge in [0.1, 0.15) is 5.75 Å². The summed E-state index contributed by atoms with van der Waals surface area (Å²) in [6.45, 7) is 6.03. The highest BCUT2D eigenvalue weighted by Crippen LogP contribution is 2.29. The molecule has 0 saturated carbocycles. The Bertz CT molecular complexity index is 512. The SMILES string of the molecule is CC[C@H]1CC[C@@H](C)N(C(=O)c2ccc3c(c2)CCO3)C1. The number of carbonyl (C=O) groups excluding carboxylic acids is 1. The summed E-state index contributed by atoms with van der Waals surface area (Å²) in [6, 6.07) is 6.23. The van der Waals surface area contributed by atoms with Crippen LogP contribution in [-0.4, -0.2) is 30.0 Å². The van der Waals surface area contributed by atoms with Crippen molar-refractivity contribution >= 4 is 5.91 Å². The third kappa shape index (κ3) is 2.41. The standard InChI is InChI=1S/C17H23NO2/c1-3-13-5-4-12(2)18(11-13)17(19)15-6-7-16-14(10-15)8-9-20-16/h6-7,10,12-13H,3-5,8-9,11H2,1-2H3/t12-,13+/m1/s1. The first-order valence-corrected chi connectivity index (χ1v) is 7.75. The van der Waals surface area contributed by atoms with Gasteiger partial charge in [0.25, 0.3) is 5.91 Å². The van der Waals surface area contributed by atoms with Gasteiger partial charge in [0, 0.05) is 24.6 Å². The highest BCUT2D eigenvalue weighted by Gasteiger charge is 2.29. The van der Waals surface area contributed by atoms with Crippen molar-refractivity contribution in [3.05, 3.63) is 29.3 Å². The second-order valence-corrected chi connectivity index (χ2v) is 6.08. The Kier molecular flexibility index (Phi) is 3.68. The van der Waals surface area contributed by atoms with Crippen molar-refractivity contribution in [1.29, 1.82) is 0 Å². The molecule has 1 aromatic rings. The van der Waals surface area contributed by atoms with Gasteiger partial charge in [0.05, 0.1) is 6.61 Å². The zero-order chi connectivity index (χ0) is 14.1. The van der Waals surface area contributed by atoms with E-state index in [2.05, 4.69) is 18.7 Å². The first kappa shape index (κ1) is 13.5. The summed E-state index contributed by atoms with van der Waals surface area (Å²) >= 11 is 0. The number of carbonyl (C=O) groups is 1. The molecule has 0 spiro atoms. The van der Waals surface area contributed by atoms with Gasteiger partial charge in [-0.3, -0.25) is 4.79 Å². The molecule has 0 unspecified atom stereocenters. The molecule has 20 heavy (non-hydrogen) atoms. The molecule has 0 radical (unpaired) electrons. The van der Waals surface area contributed by atoms with Gasteiger partial charge in [0.15, 0.2) is 0 Å². The molecule has 0 aromatic heterocycles. The smallest absolute Gasteiger partial charge is 0.254 e. The summed E-state index contributed by atoms with van der Waals surface area (Å²) in [4.78, 5) is 14.8. The Balaban J connectivity index is 1.80. The predicted octanol–water partition coefficient (Wildman–Crippen LogP) is 3.27. The number of ether oxygens (including phenoxy) is 1. The van der Waals surface area contributed by atoms with E-state index in [4.69, 9.17) is 4.74 Å². The van der Waals surface area contributed by atoms with Crippen molar-refractivity contribution in [2.24, 2.45) is 5.92 Å². The lowest BCUT2D eigenvalue weighted by Gasteiger charge is -2.38. The topological polar surface area (TPSA) is 29.5 Å². The van der Waals surface area contributed by atoms with Gasteiger partial charge < -0.3 is 9.64 Å². The number of hydrogen-bond acceptors (Lipinski definition) is 2. The van der Waals surface area contributed by atoms with E-state index in [9.17, 15) is 4.79 Å². The summed E-state index contributed by atoms with van der Waals surface area (Å²) in [5, 5.41) is 0. The summed E-state index contributed by atoms with van der Waals surface area (Å²) in [5.41, 5.74) is 1.99. The molecular formula is C17H23NO2. The number of likely N-dealkylation sites (tertiary alicyclic amines) is 1. The van der Waals surface area contributed by atoms with Crippen LogP contribution in [0.2, 0.25) is 0 Å². The average Bonchev–Trinajstić information content (AvgIpc) is 2.94. The van der Waals surface area contributed by atoms with Gasteiger partial charge in [-0.15, -0.1) is 0 Å². The third-order valence-electron chi connectivity index (χ3n) is 4.75. The van der Waals surface area contributed by atoms with Crippen LogP contribution in [0, 0.1) is 5.92 Å². The molecule has 3 heteroatoms. The number of rotatable bonds is 2. The molecule has 3 rings (SSSR count). The van der Waals surface area contributed by atoms with Crippen LogP contribution in [0.4, 0.5) is 0 Å². The van der Waals surface area contributed by atoms with Gasteiger partial charge in [0.2, 0.25) is 0 Å². The van der Waals surface area contributed by atoms with Crippen molar-refractivity contribution in [2.45, 2.75) is 45.6 Å². The predicted molar refractivity (Wildman–Crippen MR) is 79.2 cm³/mol. The second-order valence-electron chi connectivity index (χ2n) is 6.08. The normalized spacial score (nSPS) is 25.2. The Morgan fingerprint density at radius 1 is 1.40 bits per heavy atom. The Labute approximate surface area is 120 Å². The maximum absolute atomic E-state index is 12.8. The molecule has 1 fully saturated rings. The lowest BCUT2D eigenvalue weighted by atomic mass is 9.91. The maximum atomic E-state index is 12.8. The molecule has 0 aliphatic carbocycles. The van der Waals surface area contributed by atoms with Gasteiger partial charge in [-0.05, 0) is 49.4 Å². The average molecular weight is 273 g/mol. The van der Waals surface area contributed by atoms with Crippen molar-refractivity contribution < 1.29 is 9.53 Å². The van der Waals surface area contributed by atoms with Crippen LogP contribution in [0.5, 0.6) is 5.75 Å². The lowest BCUT2D eigenvalue weighted by molar-refractivity contribution is 0.0556. The molecule has 1 saturated heterocycles.